The van der Waals surface area contributed by atoms with Gasteiger partial charge in [-0.3, -0.25) is 0 Å². The van der Waals surface area contributed by atoms with E-state index in [1.165, 1.54) is 5.56 Å². The summed E-state index contributed by atoms with van der Waals surface area (Å²) in [5.41, 5.74) is 6.69. The molecule has 1 aliphatic carbocycles. The molecule has 1 aliphatic rings. The fraction of sp³-hybridized carbons (Fsp3) is 0.333. The van der Waals surface area contributed by atoms with Gasteiger partial charge in [-0.2, -0.15) is 4.98 Å². The van der Waals surface area contributed by atoms with Crippen LogP contribution in [0.2, 0.25) is 0 Å². The Bertz CT molecular complexity index is 488. The fourth-order valence-electron chi connectivity index (χ4n) is 2.04. The Morgan fingerprint density at radius 2 is 2.00 bits per heavy atom. The van der Waals surface area contributed by atoms with Crippen LogP contribution in [0.25, 0.3) is 0 Å². The van der Waals surface area contributed by atoms with Gasteiger partial charge in [0, 0.05) is 0 Å². The van der Waals surface area contributed by atoms with Crippen LogP contribution in [0.4, 0.5) is 0 Å². The third-order valence-electron chi connectivity index (χ3n) is 3.14. The molecular formula is C12H13N3O. The lowest BCUT2D eigenvalue weighted by atomic mass is 9.96. The minimum Gasteiger partial charge on any atom is -0.338 e. The smallest absolute Gasteiger partial charge is 0.237 e. The van der Waals surface area contributed by atoms with Gasteiger partial charge in [0.2, 0.25) is 5.89 Å². The molecular weight excluding hydrogens is 202 g/mol. The van der Waals surface area contributed by atoms with Gasteiger partial charge in [-0.05, 0) is 18.4 Å². The molecule has 1 fully saturated rings. The van der Waals surface area contributed by atoms with Crippen molar-refractivity contribution in [3.8, 4) is 0 Å². The number of hydrogen-bond acceptors (Lipinski definition) is 4. The standard InChI is InChI=1S/C12H13N3O/c13-8-10-14-11(16-15-10)12(6-7-12)9-4-2-1-3-5-9/h1-5H,6-8,13H2. The summed E-state index contributed by atoms with van der Waals surface area (Å²) in [4.78, 5) is 4.34. The van der Waals surface area contributed by atoms with Gasteiger partial charge < -0.3 is 10.3 Å². The Labute approximate surface area is 93.5 Å². The molecule has 0 amide bonds. The van der Waals surface area contributed by atoms with Crippen molar-refractivity contribution in [2.75, 3.05) is 0 Å². The van der Waals surface area contributed by atoms with Gasteiger partial charge in [0.15, 0.2) is 5.82 Å². The van der Waals surface area contributed by atoms with Crippen LogP contribution < -0.4 is 5.73 Å². The van der Waals surface area contributed by atoms with Crippen LogP contribution in [0.15, 0.2) is 34.9 Å². The van der Waals surface area contributed by atoms with E-state index in [-0.39, 0.29) is 5.41 Å². The first-order valence-electron chi connectivity index (χ1n) is 5.44. The van der Waals surface area contributed by atoms with E-state index in [1.807, 2.05) is 18.2 Å². The maximum absolute atomic E-state index is 5.48. The lowest BCUT2D eigenvalue weighted by Crippen LogP contribution is -2.09. The summed E-state index contributed by atoms with van der Waals surface area (Å²) in [7, 11) is 0. The molecule has 16 heavy (non-hydrogen) atoms. The molecule has 0 saturated heterocycles. The summed E-state index contributed by atoms with van der Waals surface area (Å²) < 4.78 is 5.30. The third-order valence-corrected chi connectivity index (χ3v) is 3.14. The lowest BCUT2D eigenvalue weighted by Gasteiger charge is -2.09. The number of benzene rings is 1. The highest BCUT2D eigenvalue weighted by atomic mass is 16.5. The molecule has 0 spiro atoms. The molecule has 1 aromatic carbocycles. The number of rotatable bonds is 3. The first-order chi connectivity index (χ1) is 7.85. The Balaban J connectivity index is 2.00. The first-order valence-corrected chi connectivity index (χ1v) is 5.44. The number of nitrogens with two attached hydrogens (primary N) is 1. The minimum atomic E-state index is -0.0400. The molecule has 1 aromatic heterocycles. The Morgan fingerprint density at radius 1 is 1.25 bits per heavy atom. The van der Waals surface area contributed by atoms with Gasteiger partial charge in [-0.1, -0.05) is 35.5 Å². The molecule has 0 aliphatic heterocycles. The SMILES string of the molecule is NCc1noc(C2(c3ccccc3)CC2)n1. The van der Waals surface area contributed by atoms with Crippen LogP contribution in [-0.2, 0) is 12.0 Å². The van der Waals surface area contributed by atoms with Gasteiger partial charge in [-0.25, -0.2) is 0 Å². The summed E-state index contributed by atoms with van der Waals surface area (Å²) in [6.45, 7) is 0.328. The van der Waals surface area contributed by atoms with Crippen LogP contribution in [0.5, 0.6) is 0 Å². The summed E-state index contributed by atoms with van der Waals surface area (Å²) in [6, 6.07) is 10.3. The zero-order valence-corrected chi connectivity index (χ0v) is 8.89. The average molecular weight is 215 g/mol. The lowest BCUT2D eigenvalue weighted by molar-refractivity contribution is 0.355. The van der Waals surface area contributed by atoms with Gasteiger partial charge >= 0.3 is 0 Å². The zero-order chi connectivity index (χ0) is 11.0. The highest BCUT2D eigenvalue weighted by Gasteiger charge is 2.50. The highest BCUT2D eigenvalue weighted by molar-refractivity contribution is 5.37. The van der Waals surface area contributed by atoms with Crippen molar-refractivity contribution in [1.29, 1.82) is 0 Å². The van der Waals surface area contributed by atoms with Gasteiger partial charge in [0.05, 0.1) is 12.0 Å². The maximum Gasteiger partial charge on any atom is 0.237 e. The van der Waals surface area contributed by atoms with Crippen LogP contribution in [0.3, 0.4) is 0 Å². The first kappa shape index (κ1) is 9.54. The average Bonchev–Trinajstić information content (AvgIpc) is 3.02. The van der Waals surface area contributed by atoms with E-state index in [1.54, 1.807) is 0 Å². The molecule has 4 nitrogen and oxygen atoms in total. The Hall–Kier alpha value is -1.68. The van der Waals surface area contributed by atoms with Gasteiger partial charge in [-0.15, -0.1) is 0 Å². The molecule has 1 saturated carbocycles. The highest BCUT2D eigenvalue weighted by Crippen LogP contribution is 2.52. The van der Waals surface area contributed by atoms with Crippen molar-refractivity contribution in [3.63, 3.8) is 0 Å². The zero-order valence-electron chi connectivity index (χ0n) is 8.89. The van der Waals surface area contributed by atoms with E-state index in [4.69, 9.17) is 10.3 Å². The monoisotopic (exact) mass is 215 g/mol. The van der Waals surface area contributed by atoms with E-state index < -0.39 is 0 Å². The van der Waals surface area contributed by atoms with Crippen LogP contribution >= 0.6 is 0 Å². The molecule has 2 N–H and O–H groups in total. The van der Waals surface area contributed by atoms with Gasteiger partial charge in [0.1, 0.15) is 0 Å². The summed E-state index contributed by atoms with van der Waals surface area (Å²) in [5.74, 6) is 1.29. The van der Waals surface area contributed by atoms with Crippen molar-refractivity contribution in [3.05, 3.63) is 47.6 Å². The predicted octanol–water partition coefficient (Wildman–Crippen LogP) is 1.61. The van der Waals surface area contributed by atoms with Crippen molar-refractivity contribution < 1.29 is 4.52 Å². The van der Waals surface area contributed by atoms with Crippen LogP contribution in [0, 0.1) is 0 Å². The summed E-state index contributed by atoms with van der Waals surface area (Å²) >= 11 is 0. The van der Waals surface area contributed by atoms with E-state index in [9.17, 15) is 0 Å². The molecule has 0 unspecified atom stereocenters. The second-order valence-electron chi connectivity index (χ2n) is 4.17. The fourth-order valence-corrected chi connectivity index (χ4v) is 2.04. The number of hydrogen-bond donors (Lipinski definition) is 1. The number of aromatic nitrogens is 2. The normalized spacial score (nSPS) is 17.3. The molecule has 0 radical (unpaired) electrons. The van der Waals surface area contributed by atoms with Crippen molar-refractivity contribution in [1.82, 2.24) is 10.1 Å². The third kappa shape index (κ3) is 1.34. The van der Waals surface area contributed by atoms with Crippen LogP contribution in [0.1, 0.15) is 30.1 Å². The molecule has 1 heterocycles. The predicted molar refractivity (Wildman–Crippen MR) is 58.6 cm³/mol. The largest absolute Gasteiger partial charge is 0.338 e. The Kier molecular flexibility index (Phi) is 2.04. The van der Waals surface area contributed by atoms with Gasteiger partial charge in [0.25, 0.3) is 0 Å². The summed E-state index contributed by atoms with van der Waals surface area (Å²) in [6.07, 6.45) is 2.15. The molecule has 4 heteroatoms. The van der Waals surface area contributed by atoms with E-state index in [2.05, 4.69) is 22.3 Å². The van der Waals surface area contributed by atoms with E-state index in [0.717, 1.165) is 12.8 Å². The second kappa shape index (κ2) is 3.42. The Morgan fingerprint density at radius 3 is 2.56 bits per heavy atom. The molecule has 0 bridgehead atoms. The molecule has 82 valence electrons. The minimum absolute atomic E-state index is 0.0400. The quantitative estimate of drug-likeness (QED) is 0.844. The topological polar surface area (TPSA) is 64.9 Å². The van der Waals surface area contributed by atoms with E-state index in [0.29, 0.717) is 18.3 Å². The maximum atomic E-state index is 5.48. The molecule has 3 rings (SSSR count). The number of nitrogens with zero attached hydrogens (tertiary/aromatic N) is 2. The van der Waals surface area contributed by atoms with Crippen molar-refractivity contribution in [2.24, 2.45) is 5.73 Å². The second-order valence-corrected chi connectivity index (χ2v) is 4.17. The van der Waals surface area contributed by atoms with E-state index >= 15 is 0 Å². The molecule has 0 atom stereocenters. The summed E-state index contributed by atoms with van der Waals surface area (Å²) in [5, 5.41) is 3.86. The van der Waals surface area contributed by atoms with Crippen molar-refractivity contribution >= 4 is 0 Å². The van der Waals surface area contributed by atoms with Crippen molar-refractivity contribution in [2.45, 2.75) is 24.8 Å². The van der Waals surface area contributed by atoms with Crippen LogP contribution in [-0.4, -0.2) is 10.1 Å². The molecule has 2 aromatic rings.